The highest BCUT2D eigenvalue weighted by Gasteiger charge is 2.39. The van der Waals surface area contributed by atoms with Crippen molar-refractivity contribution in [2.24, 2.45) is 18.7 Å². The molecule has 1 aliphatic rings. The minimum absolute atomic E-state index is 0.0364. The Morgan fingerprint density at radius 3 is 2.70 bits per heavy atom. The first-order valence-corrected chi connectivity index (χ1v) is 8.97. The number of aryl methyl sites for hydroxylation is 1. The topological polar surface area (TPSA) is 102 Å². The molecule has 0 spiro atoms. The molecule has 1 fully saturated rings. The van der Waals surface area contributed by atoms with E-state index in [-0.39, 0.29) is 23.8 Å². The van der Waals surface area contributed by atoms with Crippen LogP contribution >= 0.6 is 0 Å². The van der Waals surface area contributed by atoms with Crippen molar-refractivity contribution in [3.8, 4) is 5.75 Å². The third kappa shape index (κ3) is 4.28. The van der Waals surface area contributed by atoms with Crippen LogP contribution in [-0.2, 0) is 16.6 Å². The standard InChI is InChI=1S/C19H25N5O3/c1-23-12-13(11-21-23)18-16(7-8-17(25)24(18)2)19(26)22-14-3-5-15(6-4-14)27-10-9-20/h3-6,11-12,16,18H,7-10,20H2,1-2H3,(H,22,26). The van der Waals surface area contributed by atoms with Crippen LogP contribution in [0.1, 0.15) is 24.4 Å². The number of benzene rings is 1. The van der Waals surface area contributed by atoms with E-state index in [9.17, 15) is 9.59 Å². The van der Waals surface area contributed by atoms with E-state index in [1.807, 2.05) is 13.2 Å². The van der Waals surface area contributed by atoms with E-state index in [4.69, 9.17) is 10.5 Å². The number of carbonyl (C=O) groups is 2. The number of carbonyl (C=O) groups excluding carboxylic acids is 2. The number of piperidine rings is 1. The summed E-state index contributed by atoms with van der Waals surface area (Å²) in [6.07, 6.45) is 4.43. The zero-order chi connectivity index (χ0) is 19.4. The maximum Gasteiger partial charge on any atom is 0.229 e. The Morgan fingerprint density at radius 2 is 2.07 bits per heavy atom. The highest BCUT2D eigenvalue weighted by atomic mass is 16.5. The summed E-state index contributed by atoms with van der Waals surface area (Å²) in [5.41, 5.74) is 6.97. The van der Waals surface area contributed by atoms with Gasteiger partial charge in [-0.15, -0.1) is 0 Å². The molecule has 1 aromatic carbocycles. The van der Waals surface area contributed by atoms with E-state index in [2.05, 4.69) is 10.4 Å². The molecule has 2 atom stereocenters. The van der Waals surface area contributed by atoms with E-state index in [1.165, 1.54) is 0 Å². The number of anilines is 1. The molecule has 0 bridgehead atoms. The summed E-state index contributed by atoms with van der Waals surface area (Å²) in [5, 5.41) is 7.14. The van der Waals surface area contributed by atoms with Gasteiger partial charge in [-0.25, -0.2) is 0 Å². The normalized spacial score (nSPS) is 19.8. The third-order valence-electron chi connectivity index (χ3n) is 4.77. The molecule has 2 heterocycles. The second kappa shape index (κ2) is 8.22. The lowest BCUT2D eigenvalue weighted by atomic mass is 9.85. The summed E-state index contributed by atoms with van der Waals surface area (Å²) in [7, 11) is 3.56. The van der Waals surface area contributed by atoms with Gasteiger partial charge in [-0.3, -0.25) is 14.3 Å². The van der Waals surface area contributed by atoms with Gasteiger partial charge in [0, 0.05) is 44.5 Å². The fourth-order valence-electron chi connectivity index (χ4n) is 3.41. The van der Waals surface area contributed by atoms with Crippen LogP contribution in [0.3, 0.4) is 0 Å². The van der Waals surface area contributed by atoms with Crippen LogP contribution in [0.4, 0.5) is 5.69 Å². The molecule has 3 rings (SSSR count). The van der Waals surface area contributed by atoms with Crippen molar-refractivity contribution in [1.82, 2.24) is 14.7 Å². The van der Waals surface area contributed by atoms with Crippen LogP contribution in [-0.4, -0.2) is 46.7 Å². The Bertz CT molecular complexity index is 802. The maximum absolute atomic E-state index is 12.9. The molecule has 27 heavy (non-hydrogen) atoms. The average molecular weight is 371 g/mol. The van der Waals surface area contributed by atoms with Crippen molar-refractivity contribution in [2.45, 2.75) is 18.9 Å². The van der Waals surface area contributed by atoms with Gasteiger partial charge in [-0.1, -0.05) is 0 Å². The zero-order valence-corrected chi connectivity index (χ0v) is 15.6. The Labute approximate surface area is 158 Å². The monoisotopic (exact) mass is 371 g/mol. The molecular weight excluding hydrogens is 346 g/mol. The van der Waals surface area contributed by atoms with Gasteiger partial charge in [0.1, 0.15) is 12.4 Å². The number of nitrogens with two attached hydrogens (primary N) is 1. The van der Waals surface area contributed by atoms with Crippen LogP contribution in [0, 0.1) is 5.92 Å². The molecule has 2 unspecified atom stereocenters. The summed E-state index contributed by atoms with van der Waals surface area (Å²) in [4.78, 5) is 26.8. The Kier molecular flexibility index (Phi) is 5.75. The molecule has 1 aliphatic heterocycles. The van der Waals surface area contributed by atoms with Crippen molar-refractivity contribution >= 4 is 17.5 Å². The van der Waals surface area contributed by atoms with Gasteiger partial charge in [-0.05, 0) is 30.7 Å². The summed E-state index contributed by atoms with van der Waals surface area (Å²) >= 11 is 0. The van der Waals surface area contributed by atoms with Crippen molar-refractivity contribution < 1.29 is 14.3 Å². The van der Waals surface area contributed by atoms with Crippen molar-refractivity contribution in [1.29, 1.82) is 0 Å². The first-order chi connectivity index (χ1) is 13.0. The fraction of sp³-hybridized carbons (Fsp3) is 0.421. The molecule has 8 heteroatoms. The lowest BCUT2D eigenvalue weighted by Crippen LogP contribution is -2.44. The van der Waals surface area contributed by atoms with Crippen LogP contribution in [0.25, 0.3) is 0 Å². The number of hydrogen-bond donors (Lipinski definition) is 2. The Hall–Kier alpha value is -2.87. The van der Waals surface area contributed by atoms with Crippen LogP contribution in [0.5, 0.6) is 5.75 Å². The molecule has 8 nitrogen and oxygen atoms in total. The molecule has 144 valence electrons. The van der Waals surface area contributed by atoms with E-state index in [0.717, 1.165) is 5.56 Å². The number of ether oxygens (including phenoxy) is 1. The molecule has 2 amide bonds. The number of aromatic nitrogens is 2. The summed E-state index contributed by atoms with van der Waals surface area (Å²) in [5.74, 6) is 0.285. The molecule has 1 saturated heterocycles. The van der Waals surface area contributed by atoms with Gasteiger partial charge in [0.2, 0.25) is 11.8 Å². The van der Waals surface area contributed by atoms with Crippen molar-refractivity contribution in [3.05, 3.63) is 42.2 Å². The molecule has 3 N–H and O–H groups in total. The Balaban J connectivity index is 1.74. The Morgan fingerprint density at radius 1 is 1.33 bits per heavy atom. The molecular formula is C19H25N5O3. The van der Waals surface area contributed by atoms with Crippen molar-refractivity contribution in [3.63, 3.8) is 0 Å². The molecule has 0 saturated carbocycles. The number of nitrogens with zero attached hydrogens (tertiary/aromatic N) is 3. The predicted molar refractivity (Wildman–Crippen MR) is 101 cm³/mol. The van der Waals surface area contributed by atoms with Gasteiger partial charge in [-0.2, -0.15) is 5.10 Å². The summed E-state index contributed by atoms with van der Waals surface area (Å²) < 4.78 is 7.12. The van der Waals surface area contributed by atoms with Gasteiger partial charge in [0.05, 0.1) is 18.2 Å². The maximum atomic E-state index is 12.9. The van der Waals surface area contributed by atoms with Gasteiger partial charge in [0.25, 0.3) is 0 Å². The number of likely N-dealkylation sites (tertiary alicyclic amines) is 1. The second-order valence-corrected chi connectivity index (χ2v) is 6.69. The van der Waals surface area contributed by atoms with Crippen LogP contribution in [0.2, 0.25) is 0 Å². The van der Waals surface area contributed by atoms with E-state index < -0.39 is 0 Å². The molecule has 0 aliphatic carbocycles. The SMILES string of the molecule is CN1C(=O)CCC(C(=O)Nc2ccc(OCCN)cc2)C1c1cnn(C)c1. The van der Waals surface area contributed by atoms with Gasteiger partial charge < -0.3 is 20.7 Å². The third-order valence-corrected chi connectivity index (χ3v) is 4.77. The predicted octanol–water partition coefficient (Wildman–Crippen LogP) is 1.31. The van der Waals surface area contributed by atoms with E-state index in [0.29, 0.717) is 37.4 Å². The van der Waals surface area contributed by atoms with E-state index in [1.54, 1.807) is 47.1 Å². The van der Waals surface area contributed by atoms with Crippen LogP contribution in [0.15, 0.2) is 36.7 Å². The molecule has 0 radical (unpaired) electrons. The lowest BCUT2D eigenvalue weighted by molar-refractivity contribution is -0.140. The first-order valence-electron chi connectivity index (χ1n) is 8.97. The highest BCUT2D eigenvalue weighted by molar-refractivity contribution is 5.94. The highest BCUT2D eigenvalue weighted by Crippen LogP contribution is 2.36. The fourth-order valence-corrected chi connectivity index (χ4v) is 3.41. The quantitative estimate of drug-likeness (QED) is 0.797. The number of nitrogens with one attached hydrogen (secondary N) is 1. The minimum Gasteiger partial charge on any atom is -0.492 e. The smallest absolute Gasteiger partial charge is 0.229 e. The van der Waals surface area contributed by atoms with Gasteiger partial charge >= 0.3 is 0 Å². The van der Waals surface area contributed by atoms with Crippen molar-refractivity contribution in [2.75, 3.05) is 25.5 Å². The largest absolute Gasteiger partial charge is 0.492 e. The zero-order valence-electron chi connectivity index (χ0n) is 15.6. The summed E-state index contributed by atoms with van der Waals surface area (Å²) in [6.45, 7) is 0.892. The minimum atomic E-state index is -0.343. The lowest BCUT2D eigenvalue weighted by Gasteiger charge is -2.37. The number of rotatable bonds is 6. The average Bonchev–Trinajstić information content (AvgIpc) is 3.09. The molecule has 1 aromatic heterocycles. The van der Waals surface area contributed by atoms with Gasteiger partial charge in [0.15, 0.2) is 0 Å². The number of amides is 2. The van der Waals surface area contributed by atoms with Crippen LogP contribution < -0.4 is 15.8 Å². The first kappa shape index (κ1) is 18.9. The second-order valence-electron chi connectivity index (χ2n) is 6.69. The van der Waals surface area contributed by atoms with E-state index >= 15 is 0 Å². The summed E-state index contributed by atoms with van der Waals surface area (Å²) in [6, 6.07) is 6.84. The molecule has 2 aromatic rings. The number of hydrogen-bond acceptors (Lipinski definition) is 5.